The van der Waals surface area contributed by atoms with Gasteiger partial charge in [0.25, 0.3) is 0 Å². The van der Waals surface area contributed by atoms with Gasteiger partial charge in [-0.2, -0.15) is 13.2 Å². The second kappa shape index (κ2) is 7.30. The Labute approximate surface area is 147 Å². The Morgan fingerprint density at radius 1 is 1.04 bits per heavy atom. The number of aromatic nitrogens is 1. The predicted molar refractivity (Wildman–Crippen MR) is 86.8 cm³/mol. The Bertz CT molecular complexity index is 828. The monoisotopic (exact) mass is 362 g/mol. The van der Waals surface area contributed by atoms with E-state index in [1.165, 1.54) is 29.2 Å². The van der Waals surface area contributed by atoms with E-state index in [0.29, 0.717) is 24.2 Å². The molecule has 0 aliphatic carbocycles. The van der Waals surface area contributed by atoms with Crippen LogP contribution in [0, 0.1) is 0 Å². The second-order valence-electron chi connectivity index (χ2n) is 5.25. The summed E-state index contributed by atoms with van der Waals surface area (Å²) in [6.07, 6.45) is 2.70. The SMILES string of the molecule is O=C(Oc1ccc(Oc2ccc(C(F)(F)F)cn2)cc1)N1C=CC=CC1. The highest BCUT2D eigenvalue weighted by Gasteiger charge is 2.30. The van der Waals surface area contributed by atoms with Gasteiger partial charge in [-0.15, -0.1) is 0 Å². The molecule has 134 valence electrons. The van der Waals surface area contributed by atoms with E-state index in [-0.39, 0.29) is 5.88 Å². The number of amides is 1. The summed E-state index contributed by atoms with van der Waals surface area (Å²) in [5, 5.41) is 0. The molecule has 8 heteroatoms. The molecule has 0 fully saturated rings. The number of hydrogen-bond acceptors (Lipinski definition) is 4. The first-order valence-corrected chi connectivity index (χ1v) is 7.55. The molecule has 0 N–H and O–H groups in total. The molecule has 1 aliphatic rings. The largest absolute Gasteiger partial charge is 0.439 e. The topological polar surface area (TPSA) is 51.7 Å². The molecule has 5 nitrogen and oxygen atoms in total. The number of nitrogens with zero attached hydrogens (tertiary/aromatic N) is 2. The van der Waals surface area contributed by atoms with Crippen LogP contribution in [-0.2, 0) is 6.18 Å². The number of halogens is 3. The number of carbonyl (C=O) groups excluding carboxylic acids is 1. The normalized spacial score (nSPS) is 13.6. The first-order valence-electron chi connectivity index (χ1n) is 7.55. The van der Waals surface area contributed by atoms with Crippen molar-refractivity contribution in [3.05, 3.63) is 72.6 Å². The van der Waals surface area contributed by atoms with Crippen molar-refractivity contribution in [3.63, 3.8) is 0 Å². The minimum Gasteiger partial charge on any atom is -0.439 e. The Morgan fingerprint density at radius 3 is 2.35 bits per heavy atom. The molecule has 0 bridgehead atoms. The van der Waals surface area contributed by atoms with Crippen molar-refractivity contribution < 1.29 is 27.4 Å². The molecule has 2 heterocycles. The zero-order chi connectivity index (χ0) is 18.6. The van der Waals surface area contributed by atoms with Crippen LogP contribution in [0.15, 0.2) is 67.0 Å². The van der Waals surface area contributed by atoms with Gasteiger partial charge in [-0.05, 0) is 36.4 Å². The van der Waals surface area contributed by atoms with E-state index in [4.69, 9.17) is 9.47 Å². The molecular formula is C18H13F3N2O3. The van der Waals surface area contributed by atoms with E-state index in [1.54, 1.807) is 12.3 Å². The number of carbonyl (C=O) groups is 1. The Balaban J connectivity index is 1.60. The fraction of sp³-hybridized carbons (Fsp3) is 0.111. The van der Waals surface area contributed by atoms with E-state index in [1.807, 2.05) is 12.2 Å². The molecular weight excluding hydrogens is 349 g/mol. The van der Waals surface area contributed by atoms with Crippen molar-refractivity contribution in [2.24, 2.45) is 0 Å². The lowest BCUT2D eigenvalue weighted by atomic mass is 10.3. The highest BCUT2D eigenvalue weighted by molar-refractivity contribution is 5.72. The van der Waals surface area contributed by atoms with E-state index >= 15 is 0 Å². The number of ether oxygens (including phenoxy) is 2. The highest BCUT2D eigenvalue weighted by Crippen LogP contribution is 2.30. The van der Waals surface area contributed by atoms with Crippen LogP contribution in [0.1, 0.15) is 5.56 Å². The number of hydrogen-bond donors (Lipinski definition) is 0. The molecule has 3 rings (SSSR count). The maximum absolute atomic E-state index is 12.5. The molecule has 1 aromatic carbocycles. The average molecular weight is 362 g/mol. The minimum atomic E-state index is -4.45. The molecule has 0 unspecified atom stereocenters. The summed E-state index contributed by atoms with van der Waals surface area (Å²) in [6.45, 7) is 0.427. The molecule has 0 radical (unpaired) electrons. The van der Waals surface area contributed by atoms with E-state index < -0.39 is 17.8 Å². The van der Waals surface area contributed by atoms with Crippen LogP contribution in [-0.4, -0.2) is 22.5 Å². The number of pyridine rings is 1. The zero-order valence-corrected chi connectivity index (χ0v) is 13.3. The van der Waals surface area contributed by atoms with E-state index in [0.717, 1.165) is 12.1 Å². The van der Waals surface area contributed by atoms with Crippen LogP contribution in [0.3, 0.4) is 0 Å². The van der Waals surface area contributed by atoms with Crippen molar-refractivity contribution in [2.75, 3.05) is 6.54 Å². The van der Waals surface area contributed by atoms with Gasteiger partial charge in [-0.25, -0.2) is 9.78 Å². The molecule has 1 aliphatic heterocycles. The third-order valence-corrected chi connectivity index (χ3v) is 3.36. The van der Waals surface area contributed by atoms with Gasteiger partial charge in [0.05, 0.1) is 5.56 Å². The smallest absolute Gasteiger partial charge is 0.419 e. The quantitative estimate of drug-likeness (QED) is 0.789. The standard InChI is InChI=1S/C18H13F3N2O3/c19-18(20,21)13-4-9-16(22-12-13)25-14-5-7-15(8-6-14)26-17(24)23-10-2-1-3-11-23/h1-10,12H,11H2. The van der Waals surface area contributed by atoms with Crippen molar-refractivity contribution in [3.8, 4) is 17.4 Å². The Morgan fingerprint density at radius 2 is 1.77 bits per heavy atom. The zero-order valence-electron chi connectivity index (χ0n) is 13.3. The third kappa shape index (κ3) is 4.41. The van der Waals surface area contributed by atoms with Crippen LogP contribution in [0.25, 0.3) is 0 Å². The van der Waals surface area contributed by atoms with E-state index in [2.05, 4.69) is 4.98 Å². The van der Waals surface area contributed by atoms with Gasteiger partial charge >= 0.3 is 12.3 Å². The Hall–Kier alpha value is -3.29. The highest BCUT2D eigenvalue weighted by atomic mass is 19.4. The van der Waals surface area contributed by atoms with Crippen LogP contribution < -0.4 is 9.47 Å². The summed E-state index contributed by atoms with van der Waals surface area (Å²) in [5.74, 6) is 0.677. The van der Waals surface area contributed by atoms with Crippen LogP contribution in [0.4, 0.5) is 18.0 Å². The average Bonchev–Trinajstić information content (AvgIpc) is 2.64. The lowest BCUT2D eigenvalue weighted by Gasteiger charge is -2.17. The summed E-state index contributed by atoms with van der Waals surface area (Å²) < 4.78 is 48.1. The van der Waals surface area contributed by atoms with Crippen molar-refractivity contribution in [2.45, 2.75) is 6.18 Å². The molecule has 0 spiro atoms. The van der Waals surface area contributed by atoms with Crippen LogP contribution in [0.2, 0.25) is 0 Å². The summed E-state index contributed by atoms with van der Waals surface area (Å²) in [5.41, 5.74) is -0.853. The van der Waals surface area contributed by atoms with Crippen molar-refractivity contribution in [1.29, 1.82) is 0 Å². The van der Waals surface area contributed by atoms with Gasteiger partial charge in [0.2, 0.25) is 5.88 Å². The molecule has 0 saturated heterocycles. The summed E-state index contributed by atoms with van der Waals surface area (Å²) in [6, 6.07) is 8.09. The first-order chi connectivity index (χ1) is 12.4. The van der Waals surface area contributed by atoms with E-state index in [9.17, 15) is 18.0 Å². The van der Waals surface area contributed by atoms with Crippen molar-refractivity contribution >= 4 is 6.09 Å². The minimum absolute atomic E-state index is 0.0213. The van der Waals surface area contributed by atoms with Gasteiger partial charge in [0.1, 0.15) is 11.5 Å². The van der Waals surface area contributed by atoms with Crippen molar-refractivity contribution in [1.82, 2.24) is 9.88 Å². The molecule has 26 heavy (non-hydrogen) atoms. The fourth-order valence-corrected chi connectivity index (χ4v) is 2.07. The lowest BCUT2D eigenvalue weighted by Crippen LogP contribution is -2.29. The summed E-state index contributed by atoms with van der Waals surface area (Å²) >= 11 is 0. The number of allylic oxidation sites excluding steroid dienone is 2. The van der Waals surface area contributed by atoms with Crippen LogP contribution in [0.5, 0.6) is 17.4 Å². The van der Waals surface area contributed by atoms with Gasteiger partial charge in [-0.3, -0.25) is 4.90 Å². The maximum Gasteiger partial charge on any atom is 0.419 e. The second-order valence-corrected chi connectivity index (χ2v) is 5.25. The number of alkyl halides is 3. The lowest BCUT2D eigenvalue weighted by molar-refractivity contribution is -0.137. The first kappa shape index (κ1) is 17.5. The maximum atomic E-state index is 12.5. The van der Waals surface area contributed by atoms with Gasteiger partial charge in [-0.1, -0.05) is 12.2 Å². The van der Waals surface area contributed by atoms with Gasteiger partial charge < -0.3 is 9.47 Å². The molecule has 0 atom stereocenters. The molecule has 2 aromatic rings. The third-order valence-electron chi connectivity index (χ3n) is 3.36. The summed E-state index contributed by atoms with van der Waals surface area (Å²) in [7, 11) is 0. The molecule has 0 saturated carbocycles. The van der Waals surface area contributed by atoms with Gasteiger partial charge in [0.15, 0.2) is 0 Å². The molecule has 1 aromatic heterocycles. The van der Waals surface area contributed by atoms with Crippen LogP contribution >= 0.6 is 0 Å². The fourth-order valence-electron chi connectivity index (χ4n) is 2.07. The number of benzene rings is 1. The van der Waals surface area contributed by atoms with Gasteiger partial charge in [0, 0.05) is 25.0 Å². The predicted octanol–water partition coefficient (Wildman–Crippen LogP) is 4.78. The molecule has 1 amide bonds. The Kier molecular flexibility index (Phi) is 4.92. The summed E-state index contributed by atoms with van der Waals surface area (Å²) in [4.78, 5) is 17.0. The number of rotatable bonds is 3.